The molecule has 0 aliphatic rings. The molecule has 6 heteroatoms. The average molecular weight is 207 g/mol. The van der Waals surface area contributed by atoms with E-state index in [9.17, 15) is 0 Å². The highest BCUT2D eigenvalue weighted by Gasteiger charge is 1.97. The molecule has 5 nitrogen and oxygen atoms in total. The van der Waals surface area contributed by atoms with Crippen LogP contribution in [0.3, 0.4) is 0 Å². The number of rotatable bonds is 3. The summed E-state index contributed by atoms with van der Waals surface area (Å²) in [5, 5.41) is 19.5. The molecular weight excluding hydrogens is 198 g/mol. The number of aromatic nitrogens is 4. The van der Waals surface area contributed by atoms with E-state index in [4.69, 9.17) is 0 Å². The monoisotopic (exact) mass is 207 g/mol. The molecule has 0 amide bonds. The lowest BCUT2D eigenvalue weighted by atomic mass is 10.3. The van der Waals surface area contributed by atoms with Gasteiger partial charge in [-0.3, -0.25) is 0 Å². The molecule has 0 atom stereocenters. The molecule has 0 fully saturated rings. The van der Waals surface area contributed by atoms with Crippen molar-refractivity contribution in [2.45, 2.75) is 13.5 Å². The predicted octanol–water partition coefficient (Wildman–Crippen LogP) is 1.25. The van der Waals surface area contributed by atoms with Crippen molar-refractivity contribution in [1.82, 2.24) is 20.4 Å². The van der Waals surface area contributed by atoms with Crippen LogP contribution in [0.4, 0.5) is 5.13 Å². The van der Waals surface area contributed by atoms with Crippen molar-refractivity contribution in [1.29, 1.82) is 0 Å². The Balaban J connectivity index is 1.95. The zero-order chi connectivity index (χ0) is 9.80. The lowest BCUT2D eigenvalue weighted by Crippen LogP contribution is -2.02. The lowest BCUT2D eigenvalue weighted by Gasteiger charge is -2.00. The molecule has 2 aromatic rings. The molecule has 0 aliphatic heterocycles. The van der Waals surface area contributed by atoms with Crippen LogP contribution in [0.5, 0.6) is 0 Å². The maximum Gasteiger partial charge on any atom is 0.205 e. The Kier molecular flexibility index (Phi) is 2.64. The Morgan fingerprint density at radius 2 is 2.21 bits per heavy atom. The van der Waals surface area contributed by atoms with Gasteiger partial charge in [0.1, 0.15) is 5.51 Å². The second-order valence-corrected chi connectivity index (χ2v) is 3.60. The average Bonchev–Trinajstić information content (AvgIpc) is 2.70. The molecule has 14 heavy (non-hydrogen) atoms. The fraction of sp³-hybridized carbons (Fsp3) is 0.250. The molecule has 72 valence electrons. The minimum atomic E-state index is 0.627. The predicted molar refractivity (Wildman–Crippen MR) is 54.0 cm³/mol. The van der Waals surface area contributed by atoms with Gasteiger partial charge in [-0.05, 0) is 19.1 Å². The number of aryl methyl sites for hydroxylation is 1. The van der Waals surface area contributed by atoms with E-state index in [1.54, 1.807) is 5.51 Å². The van der Waals surface area contributed by atoms with Gasteiger partial charge in [-0.25, -0.2) is 0 Å². The smallest absolute Gasteiger partial charge is 0.205 e. The van der Waals surface area contributed by atoms with Gasteiger partial charge in [0.2, 0.25) is 5.13 Å². The van der Waals surface area contributed by atoms with Crippen LogP contribution in [0.2, 0.25) is 0 Å². The van der Waals surface area contributed by atoms with Crippen LogP contribution in [-0.2, 0) is 6.54 Å². The van der Waals surface area contributed by atoms with Gasteiger partial charge in [-0.1, -0.05) is 11.3 Å². The summed E-state index contributed by atoms with van der Waals surface area (Å²) in [7, 11) is 0. The summed E-state index contributed by atoms with van der Waals surface area (Å²) in [5.41, 5.74) is 3.50. The van der Waals surface area contributed by atoms with Gasteiger partial charge in [0.05, 0.1) is 17.9 Å². The highest BCUT2D eigenvalue weighted by molar-refractivity contribution is 7.13. The first-order valence-corrected chi connectivity index (χ1v) is 5.02. The number of hydrogen-bond acceptors (Lipinski definition) is 6. The van der Waals surface area contributed by atoms with Gasteiger partial charge in [0.15, 0.2) is 0 Å². The maximum absolute atomic E-state index is 4.02. The van der Waals surface area contributed by atoms with Crippen molar-refractivity contribution in [3.05, 3.63) is 29.0 Å². The molecule has 0 unspecified atom stereocenters. The normalized spacial score (nSPS) is 10.1. The maximum atomic E-state index is 4.02. The molecule has 0 spiro atoms. The SMILES string of the molecule is Cc1ccc(CNc2nncs2)nn1. The third-order valence-electron chi connectivity index (χ3n) is 1.63. The number of anilines is 1. The van der Waals surface area contributed by atoms with E-state index in [-0.39, 0.29) is 0 Å². The van der Waals surface area contributed by atoms with Gasteiger partial charge in [-0.15, -0.1) is 10.2 Å². The molecule has 0 aromatic carbocycles. The van der Waals surface area contributed by atoms with Gasteiger partial charge >= 0.3 is 0 Å². The molecule has 2 heterocycles. The second kappa shape index (κ2) is 4.10. The molecule has 2 rings (SSSR count). The van der Waals surface area contributed by atoms with E-state index in [0.29, 0.717) is 6.54 Å². The molecule has 0 aliphatic carbocycles. The second-order valence-electron chi connectivity index (χ2n) is 2.76. The van der Waals surface area contributed by atoms with Crippen molar-refractivity contribution in [3.8, 4) is 0 Å². The van der Waals surface area contributed by atoms with Gasteiger partial charge < -0.3 is 5.32 Å². The van der Waals surface area contributed by atoms with E-state index in [2.05, 4.69) is 25.7 Å². The Bertz CT molecular complexity index is 383. The minimum absolute atomic E-state index is 0.627. The highest BCUT2D eigenvalue weighted by atomic mass is 32.1. The first-order chi connectivity index (χ1) is 6.84. The summed E-state index contributed by atoms with van der Waals surface area (Å²) >= 11 is 1.46. The zero-order valence-corrected chi connectivity index (χ0v) is 8.45. The zero-order valence-electron chi connectivity index (χ0n) is 7.64. The Morgan fingerprint density at radius 1 is 1.29 bits per heavy atom. The molecule has 1 N–H and O–H groups in total. The third kappa shape index (κ3) is 2.23. The van der Waals surface area contributed by atoms with Crippen molar-refractivity contribution < 1.29 is 0 Å². The first kappa shape index (κ1) is 9.01. The quantitative estimate of drug-likeness (QED) is 0.820. The summed E-state index contributed by atoms with van der Waals surface area (Å²) in [5.74, 6) is 0. The van der Waals surface area contributed by atoms with E-state index in [1.165, 1.54) is 11.3 Å². The topological polar surface area (TPSA) is 63.6 Å². The van der Waals surface area contributed by atoms with Crippen molar-refractivity contribution >= 4 is 16.5 Å². The first-order valence-electron chi connectivity index (χ1n) is 4.14. The summed E-state index contributed by atoms with van der Waals surface area (Å²) < 4.78 is 0. The largest absolute Gasteiger partial charge is 0.354 e. The molecule has 0 bridgehead atoms. The van der Waals surface area contributed by atoms with E-state index in [0.717, 1.165) is 16.5 Å². The van der Waals surface area contributed by atoms with Gasteiger partial charge in [0, 0.05) is 0 Å². The fourth-order valence-electron chi connectivity index (χ4n) is 0.937. The molecule has 0 radical (unpaired) electrons. The number of nitrogens with one attached hydrogen (secondary N) is 1. The van der Waals surface area contributed by atoms with Crippen LogP contribution < -0.4 is 5.32 Å². The highest BCUT2D eigenvalue weighted by Crippen LogP contribution is 2.08. The summed E-state index contributed by atoms with van der Waals surface area (Å²) in [6, 6.07) is 3.88. The van der Waals surface area contributed by atoms with Crippen LogP contribution in [0.15, 0.2) is 17.6 Å². The fourth-order valence-corrected chi connectivity index (χ4v) is 1.38. The third-order valence-corrected chi connectivity index (χ3v) is 2.28. The van der Waals surface area contributed by atoms with Gasteiger partial charge in [0.25, 0.3) is 0 Å². The standard InChI is InChI=1S/C8H9N5S/c1-6-2-3-7(12-11-6)4-9-8-13-10-5-14-8/h2-3,5H,4H2,1H3,(H,9,13). The Labute approximate surface area is 85.2 Å². The van der Waals surface area contributed by atoms with Crippen LogP contribution in [0.1, 0.15) is 11.4 Å². The summed E-state index contributed by atoms with van der Waals surface area (Å²) in [6.07, 6.45) is 0. The molecule has 0 saturated heterocycles. The van der Waals surface area contributed by atoms with Gasteiger partial charge in [-0.2, -0.15) is 10.2 Å². The van der Waals surface area contributed by atoms with Crippen molar-refractivity contribution in [2.24, 2.45) is 0 Å². The Hall–Kier alpha value is -1.56. The molecule has 0 saturated carbocycles. The van der Waals surface area contributed by atoms with Crippen molar-refractivity contribution in [2.75, 3.05) is 5.32 Å². The molecule has 2 aromatic heterocycles. The van der Waals surface area contributed by atoms with Crippen LogP contribution in [0.25, 0.3) is 0 Å². The lowest BCUT2D eigenvalue weighted by molar-refractivity contribution is 0.894. The van der Waals surface area contributed by atoms with E-state index < -0.39 is 0 Å². The van der Waals surface area contributed by atoms with E-state index >= 15 is 0 Å². The minimum Gasteiger partial charge on any atom is -0.354 e. The van der Waals surface area contributed by atoms with Crippen molar-refractivity contribution in [3.63, 3.8) is 0 Å². The van der Waals surface area contributed by atoms with Crippen LogP contribution in [0, 0.1) is 6.92 Å². The van der Waals surface area contributed by atoms with Crippen LogP contribution in [-0.4, -0.2) is 20.4 Å². The van der Waals surface area contributed by atoms with Crippen LogP contribution >= 0.6 is 11.3 Å². The summed E-state index contributed by atoms with van der Waals surface area (Å²) in [6.45, 7) is 2.54. The number of nitrogens with zero attached hydrogens (tertiary/aromatic N) is 4. The summed E-state index contributed by atoms with van der Waals surface area (Å²) in [4.78, 5) is 0. The van der Waals surface area contributed by atoms with E-state index in [1.807, 2.05) is 19.1 Å². The molecular formula is C8H9N5S. The Morgan fingerprint density at radius 3 is 2.86 bits per heavy atom. The number of hydrogen-bond donors (Lipinski definition) is 1.